The van der Waals surface area contributed by atoms with E-state index in [0.29, 0.717) is 24.7 Å². The predicted molar refractivity (Wildman–Crippen MR) is 119 cm³/mol. The van der Waals surface area contributed by atoms with Crippen molar-refractivity contribution >= 4 is 11.9 Å². The Kier molecular flexibility index (Phi) is 12.7. The minimum absolute atomic E-state index is 0.131. The molecule has 0 aliphatic heterocycles. The Labute approximate surface area is 175 Å². The number of hydrogen-bond donors (Lipinski definition) is 3. The second-order valence-corrected chi connectivity index (χ2v) is 7.13. The van der Waals surface area contributed by atoms with Crippen molar-refractivity contribution in [3.05, 3.63) is 35.6 Å². The lowest BCUT2D eigenvalue weighted by Crippen LogP contribution is -2.43. The maximum Gasteiger partial charge on any atom is 0.224 e. The molecule has 1 aromatic carbocycles. The molecule has 0 saturated heterocycles. The van der Waals surface area contributed by atoms with E-state index < -0.39 is 0 Å². The number of hydrogen-bond acceptors (Lipinski definition) is 3. The van der Waals surface area contributed by atoms with Crippen LogP contribution in [-0.4, -0.2) is 62.1 Å². The van der Waals surface area contributed by atoms with E-state index in [-0.39, 0.29) is 18.1 Å². The Morgan fingerprint density at radius 2 is 1.97 bits per heavy atom. The molecule has 6 nitrogen and oxygen atoms in total. The van der Waals surface area contributed by atoms with Gasteiger partial charge in [-0.2, -0.15) is 0 Å². The number of nitrogens with zero attached hydrogens (tertiary/aromatic N) is 2. The van der Waals surface area contributed by atoms with Crippen LogP contribution in [0.2, 0.25) is 0 Å². The first kappa shape index (κ1) is 24.9. The van der Waals surface area contributed by atoms with Crippen LogP contribution in [0.25, 0.3) is 0 Å². The highest BCUT2D eigenvalue weighted by Crippen LogP contribution is 2.04. The van der Waals surface area contributed by atoms with Crippen LogP contribution in [0.1, 0.15) is 46.1 Å². The highest BCUT2D eigenvalue weighted by atomic mass is 19.1. The van der Waals surface area contributed by atoms with Gasteiger partial charge in [0.1, 0.15) is 5.82 Å². The van der Waals surface area contributed by atoms with Crippen molar-refractivity contribution in [2.75, 3.05) is 39.3 Å². The van der Waals surface area contributed by atoms with Gasteiger partial charge in [-0.3, -0.25) is 9.79 Å². The molecule has 0 radical (unpaired) electrons. The number of guanidine groups is 1. The molecular weight excluding hydrogens is 369 g/mol. The summed E-state index contributed by atoms with van der Waals surface area (Å²) in [6, 6.07) is 6.43. The fourth-order valence-corrected chi connectivity index (χ4v) is 3.04. The molecule has 3 N–H and O–H groups in total. The highest BCUT2D eigenvalue weighted by Gasteiger charge is 2.07. The first-order valence-electron chi connectivity index (χ1n) is 10.8. The normalized spacial score (nSPS) is 12.7. The van der Waals surface area contributed by atoms with E-state index in [0.717, 1.165) is 45.0 Å². The molecule has 0 aliphatic rings. The molecule has 1 aromatic rings. The third-order valence-corrected chi connectivity index (χ3v) is 4.69. The largest absolute Gasteiger partial charge is 0.357 e. The summed E-state index contributed by atoms with van der Waals surface area (Å²) < 4.78 is 13.2. The molecule has 1 unspecified atom stereocenters. The number of rotatable bonds is 13. The monoisotopic (exact) mass is 407 g/mol. The average molecular weight is 408 g/mol. The number of benzene rings is 1. The third-order valence-electron chi connectivity index (χ3n) is 4.69. The fraction of sp³-hybridized carbons (Fsp3) is 0.636. The first-order valence-corrected chi connectivity index (χ1v) is 10.8. The SMILES string of the molecule is CCNC(=NCCNC(=O)Cc1cccc(F)c1)NC(C)CCCN(CC)CC. The second-order valence-electron chi connectivity index (χ2n) is 7.13. The maximum absolute atomic E-state index is 13.2. The highest BCUT2D eigenvalue weighted by molar-refractivity contribution is 5.80. The number of nitrogens with one attached hydrogen (secondary N) is 3. The van der Waals surface area contributed by atoms with Crippen molar-refractivity contribution in [3.63, 3.8) is 0 Å². The lowest BCUT2D eigenvalue weighted by atomic mass is 10.1. The smallest absolute Gasteiger partial charge is 0.224 e. The molecule has 1 atom stereocenters. The molecular formula is C22H38FN5O. The molecule has 0 aliphatic carbocycles. The molecule has 0 spiro atoms. The summed E-state index contributed by atoms with van der Waals surface area (Å²) in [4.78, 5) is 18.9. The van der Waals surface area contributed by atoms with Gasteiger partial charge in [-0.25, -0.2) is 4.39 Å². The van der Waals surface area contributed by atoms with Crippen LogP contribution in [0.4, 0.5) is 4.39 Å². The summed E-state index contributed by atoms with van der Waals surface area (Å²) in [5, 5.41) is 9.50. The van der Waals surface area contributed by atoms with Crippen molar-refractivity contribution in [1.82, 2.24) is 20.9 Å². The molecule has 0 heterocycles. The fourth-order valence-electron chi connectivity index (χ4n) is 3.04. The molecule has 0 bridgehead atoms. The Morgan fingerprint density at radius 1 is 1.21 bits per heavy atom. The van der Waals surface area contributed by atoms with E-state index in [1.54, 1.807) is 12.1 Å². The molecule has 164 valence electrons. The van der Waals surface area contributed by atoms with Gasteiger partial charge in [0.05, 0.1) is 13.0 Å². The molecule has 1 rings (SSSR count). The van der Waals surface area contributed by atoms with Gasteiger partial charge in [-0.05, 0) is 64.0 Å². The topological polar surface area (TPSA) is 68.8 Å². The minimum Gasteiger partial charge on any atom is -0.357 e. The van der Waals surface area contributed by atoms with E-state index in [1.165, 1.54) is 12.1 Å². The van der Waals surface area contributed by atoms with Gasteiger partial charge in [0.2, 0.25) is 5.91 Å². The number of carbonyl (C=O) groups is 1. The van der Waals surface area contributed by atoms with Crippen LogP contribution in [0, 0.1) is 5.82 Å². The van der Waals surface area contributed by atoms with E-state index in [2.05, 4.69) is 46.6 Å². The number of halogens is 1. The molecule has 0 saturated carbocycles. The van der Waals surface area contributed by atoms with Crippen molar-refractivity contribution < 1.29 is 9.18 Å². The van der Waals surface area contributed by atoms with Crippen molar-refractivity contribution in [2.45, 2.75) is 53.0 Å². The Bertz CT molecular complexity index is 619. The van der Waals surface area contributed by atoms with Crippen molar-refractivity contribution in [2.24, 2.45) is 4.99 Å². The Balaban J connectivity index is 2.34. The molecule has 0 fully saturated rings. The van der Waals surface area contributed by atoms with Crippen LogP contribution < -0.4 is 16.0 Å². The molecule has 29 heavy (non-hydrogen) atoms. The van der Waals surface area contributed by atoms with Gasteiger partial charge in [0, 0.05) is 19.1 Å². The minimum atomic E-state index is -0.326. The predicted octanol–water partition coefficient (Wildman–Crippen LogP) is 2.55. The van der Waals surface area contributed by atoms with Gasteiger partial charge in [0.15, 0.2) is 5.96 Å². The summed E-state index contributed by atoms with van der Waals surface area (Å²) in [6.45, 7) is 13.6. The first-order chi connectivity index (χ1) is 14.0. The summed E-state index contributed by atoms with van der Waals surface area (Å²) in [5.41, 5.74) is 0.666. The number of aliphatic imine (C=N–C) groups is 1. The standard InChI is InChI=1S/C22H38FN5O/c1-5-24-22(27-18(4)10-9-15-28(6-2)7-3)26-14-13-25-21(29)17-19-11-8-12-20(23)16-19/h8,11-12,16,18H,5-7,9-10,13-15,17H2,1-4H3,(H,25,29)(H2,24,26,27). The van der Waals surface area contributed by atoms with Gasteiger partial charge < -0.3 is 20.9 Å². The van der Waals surface area contributed by atoms with E-state index in [1.807, 2.05) is 6.92 Å². The van der Waals surface area contributed by atoms with E-state index >= 15 is 0 Å². The molecule has 7 heteroatoms. The Hall–Kier alpha value is -2.15. The van der Waals surface area contributed by atoms with Crippen LogP contribution in [0.5, 0.6) is 0 Å². The van der Waals surface area contributed by atoms with Crippen LogP contribution in [0.15, 0.2) is 29.3 Å². The van der Waals surface area contributed by atoms with Crippen molar-refractivity contribution in [1.29, 1.82) is 0 Å². The Morgan fingerprint density at radius 3 is 2.62 bits per heavy atom. The van der Waals surface area contributed by atoms with Gasteiger partial charge >= 0.3 is 0 Å². The summed E-state index contributed by atoms with van der Waals surface area (Å²) in [5.74, 6) is 0.309. The van der Waals surface area contributed by atoms with E-state index in [9.17, 15) is 9.18 Å². The average Bonchev–Trinajstić information content (AvgIpc) is 2.68. The zero-order valence-corrected chi connectivity index (χ0v) is 18.4. The lowest BCUT2D eigenvalue weighted by molar-refractivity contribution is -0.120. The number of carbonyl (C=O) groups excluding carboxylic acids is 1. The van der Waals surface area contributed by atoms with Gasteiger partial charge in [-0.1, -0.05) is 26.0 Å². The summed E-state index contributed by atoms with van der Waals surface area (Å²) in [7, 11) is 0. The summed E-state index contributed by atoms with van der Waals surface area (Å²) in [6.07, 6.45) is 2.39. The quantitative estimate of drug-likeness (QED) is 0.267. The third kappa shape index (κ3) is 11.4. The zero-order valence-electron chi connectivity index (χ0n) is 18.4. The van der Waals surface area contributed by atoms with Crippen molar-refractivity contribution in [3.8, 4) is 0 Å². The molecule has 1 amide bonds. The lowest BCUT2D eigenvalue weighted by Gasteiger charge is -2.21. The van der Waals surface area contributed by atoms with Gasteiger partial charge in [-0.15, -0.1) is 0 Å². The maximum atomic E-state index is 13.2. The van der Waals surface area contributed by atoms with Crippen LogP contribution in [0.3, 0.4) is 0 Å². The summed E-state index contributed by atoms with van der Waals surface area (Å²) >= 11 is 0. The van der Waals surface area contributed by atoms with Crippen LogP contribution in [-0.2, 0) is 11.2 Å². The second kappa shape index (κ2) is 14.8. The molecule has 0 aromatic heterocycles. The van der Waals surface area contributed by atoms with E-state index in [4.69, 9.17) is 0 Å². The van der Waals surface area contributed by atoms with Crippen LogP contribution >= 0.6 is 0 Å². The number of amides is 1. The van der Waals surface area contributed by atoms with Gasteiger partial charge in [0.25, 0.3) is 0 Å². The zero-order chi connectivity index (χ0) is 21.5.